The number of benzene rings is 2. The second-order valence-electron chi connectivity index (χ2n) is 7.03. The summed E-state index contributed by atoms with van der Waals surface area (Å²) >= 11 is 3.40. The zero-order valence-electron chi connectivity index (χ0n) is 16.8. The first-order valence-electron chi connectivity index (χ1n) is 9.80. The third-order valence-corrected chi connectivity index (χ3v) is 5.46. The van der Waals surface area contributed by atoms with Crippen molar-refractivity contribution in [2.45, 2.75) is 18.9 Å². The van der Waals surface area contributed by atoms with Gasteiger partial charge in [0.05, 0.1) is 0 Å². The van der Waals surface area contributed by atoms with Crippen LogP contribution in [0, 0.1) is 0 Å². The Kier molecular flexibility index (Phi) is 7.74. The molecule has 2 amide bonds. The van der Waals surface area contributed by atoms with Gasteiger partial charge in [-0.15, -0.1) is 0 Å². The van der Waals surface area contributed by atoms with E-state index in [1.165, 1.54) is 0 Å². The van der Waals surface area contributed by atoms with E-state index in [1.54, 1.807) is 29.3 Å². The first kappa shape index (κ1) is 21.7. The van der Waals surface area contributed by atoms with E-state index in [0.29, 0.717) is 30.6 Å². The Balaban J connectivity index is 1.68. The largest absolute Gasteiger partial charge is 0.351 e. The predicted molar refractivity (Wildman–Crippen MR) is 121 cm³/mol. The average molecular weight is 466 g/mol. The number of nitrogens with one attached hydrogen (secondary N) is 1. The normalized spacial score (nSPS) is 11.5. The molecule has 0 aliphatic carbocycles. The summed E-state index contributed by atoms with van der Waals surface area (Å²) in [6, 6.07) is 22.6. The number of aromatic nitrogens is 1. The number of hydrogen-bond donors (Lipinski definition) is 1. The predicted octanol–water partition coefficient (Wildman–Crippen LogP) is 4.35. The van der Waals surface area contributed by atoms with E-state index in [9.17, 15) is 9.59 Å². The van der Waals surface area contributed by atoms with Gasteiger partial charge in [0.2, 0.25) is 0 Å². The van der Waals surface area contributed by atoms with E-state index >= 15 is 0 Å². The molecule has 1 N–H and O–H groups in total. The number of nitrogens with zero attached hydrogens (tertiary/aromatic N) is 2. The molecule has 1 heterocycles. The molecule has 0 saturated carbocycles. The number of halogens is 1. The lowest BCUT2D eigenvalue weighted by Crippen LogP contribution is -2.41. The topological polar surface area (TPSA) is 62.3 Å². The van der Waals surface area contributed by atoms with Crippen molar-refractivity contribution in [3.05, 3.63) is 100 Å². The van der Waals surface area contributed by atoms with E-state index in [0.717, 1.165) is 10.0 Å². The maximum Gasteiger partial charge on any atom is 0.269 e. The SMILES string of the molecule is CN(C(=O)c1ccc(Br)cc1)C(CCNC(=O)c1ccccn1)Cc1ccccc1. The number of pyridine rings is 1. The van der Waals surface area contributed by atoms with Crippen molar-refractivity contribution in [3.8, 4) is 0 Å². The van der Waals surface area contributed by atoms with Crippen LogP contribution in [0.5, 0.6) is 0 Å². The van der Waals surface area contributed by atoms with Gasteiger partial charge in [0.1, 0.15) is 5.69 Å². The first-order chi connectivity index (χ1) is 14.5. The third-order valence-electron chi connectivity index (χ3n) is 4.93. The molecule has 1 atom stereocenters. The number of hydrogen-bond acceptors (Lipinski definition) is 3. The summed E-state index contributed by atoms with van der Waals surface area (Å²) in [5, 5.41) is 2.91. The van der Waals surface area contributed by atoms with Crippen molar-refractivity contribution < 1.29 is 9.59 Å². The first-order valence-corrected chi connectivity index (χ1v) is 10.6. The highest BCUT2D eigenvalue weighted by molar-refractivity contribution is 9.10. The number of amides is 2. The Bertz CT molecular complexity index is 963. The Morgan fingerprint density at radius 3 is 2.37 bits per heavy atom. The fourth-order valence-electron chi connectivity index (χ4n) is 3.22. The number of rotatable bonds is 8. The molecule has 0 spiro atoms. The van der Waals surface area contributed by atoms with Crippen LogP contribution in [-0.4, -0.2) is 41.3 Å². The van der Waals surface area contributed by atoms with Gasteiger partial charge in [-0.1, -0.05) is 52.3 Å². The van der Waals surface area contributed by atoms with Gasteiger partial charge in [0.15, 0.2) is 0 Å². The zero-order chi connectivity index (χ0) is 21.3. The van der Waals surface area contributed by atoms with Crippen LogP contribution in [0.2, 0.25) is 0 Å². The van der Waals surface area contributed by atoms with Crippen LogP contribution in [0.3, 0.4) is 0 Å². The highest BCUT2D eigenvalue weighted by Crippen LogP contribution is 2.16. The van der Waals surface area contributed by atoms with Gasteiger partial charge in [-0.2, -0.15) is 0 Å². The Morgan fingerprint density at radius 2 is 1.70 bits per heavy atom. The van der Waals surface area contributed by atoms with Crippen molar-refractivity contribution in [2.75, 3.05) is 13.6 Å². The van der Waals surface area contributed by atoms with Crippen LogP contribution in [-0.2, 0) is 6.42 Å². The summed E-state index contributed by atoms with van der Waals surface area (Å²) in [7, 11) is 1.82. The lowest BCUT2D eigenvalue weighted by molar-refractivity contribution is 0.0723. The Morgan fingerprint density at radius 1 is 1.00 bits per heavy atom. The molecular formula is C24H24BrN3O2. The second-order valence-corrected chi connectivity index (χ2v) is 7.94. The number of likely N-dealkylation sites (N-methyl/N-ethyl adjacent to an activating group) is 1. The summed E-state index contributed by atoms with van der Waals surface area (Å²) in [6.45, 7) is 0.449. The maximum atomic E-state index is 13.0. The van der Waals surface area contributed by atoms with Crippen molar-refractivity contribution in [3.63, 3.8) is 0 Å². The molecule has 3 rings (SSSR count). The fraction of sp³-hybridized carbons (Fsp3) is 0.208. The molecule has 0 aliphatic heterocycles. The quantitative estimate of drug-likeness (QED) is 0.537. The van der Waals surface area contributed by atoms with Crippen LogP contribution in [0.15, 0.2) is 83.5 Å². The lowest BCUT2D eigenvalue weighted by Gasteiger charge is -2.29. The van der Waals surface area contributed by atoms with Crippen LogP contribution in [0.25, 0.3) is 0 Å². The van der Waals surface area contributed by atoms with E-state index in [-0.39, 0.29) is 17.9 Å². The molecule has 0 saturated heterocycles. The van der Waals surface area contributed by atoms with Crippen LogP contribution in [0.4, 0.5) is 0 Å². The van der Waals surface area contributed by atoms with Gasteiger partial charge in [-0.3, -0.25) is 14.6 Å². The molecule has 6 heteroatoms. The molecule has 0 fully saturated rings. The molecule has 154 valence electrons. The molecule has 2 aromatic carbocycles. The van der Waals surface area contributed by atoms with E-state index in [2.05, 4.69) is 38.4 Å². The summed E-state index contributed by atoms with van der Waals surface area (Å²) in [5.74, 6) is -0.254. The van der Waals surface area contributed by atoms with Gasteiger partial charge in [-0.05, 0) is 54.8 Å². The second kappa shape index (κ2) is 10.7. The molecular weight excluding hydrogens is 442 g/mol. The maximum absolute atomic E-state index is 13.0. The molecule has 30 heavy (non-hydrogen) atoms. The molecule has 0 aliphatic rings. The van der Waals surface area contributed by atoms with Gasteiger partial charge < -0.3 is 10.2 Å². The highest BCUT2D eigenvalue weighted by atomic mass is 79.9. The summed E-state index contributed by atoms with van der Waals surface area (Å²) in [5.41, 5.74) is 2.17. The molecule has 3 aromatic rings. The lowest BCUT2D eigenvalue weighted by atomic mass is 10.0. The smallest absolute Gasteiger partial charge is 0.269 e. The molecule has 5 nitrogen and oxygen atoms in total. The molecule has 1 unspecified atom stereocenters. The van der Waals surface area contributed by atoms with Crippen LogP contribution in [0.1, 0.15) is 32.8 Å². The van der Waals surface area contributed by atoms with Gasteiger partial charge in [-0.25, -0.2) is 0 Å². The van der Waals surface area contributed by atoms with E-state index in [1.807, 2.05) is 49.5 Å². The Labute approximate surface area is 185 Å². The minimum Gasteiger partial charge on any atom is -0.351 e. The van der Waals surface area contributed by atoms with Crippen LogP contribution >= 0.6 is 15.9 Å². The molecule has 1 aromatic heterocycles. The number of carbonyl (C=O) groups excluding carboxylic acids is 2. The van der Waals surface area contributed by atoms with Crippen molar-refractivity contribution in [1.82, 2.24) is 15.2 Å². The summed E-state index contributed by atoms with van der Waals surface area (Å²) < 4.78 is 0.930. The summed E-state index contributed by atoms with van der Waals surface area (Å²) in [4.78, 5) is 31.1. The zero-order valence-corrected chi connectivity index (χ0v) is 18.4. The fourth-order valence-corrected chi connectivity index (χ4v) is 3.49. The van der Waals surface area contributed by atoms with E-state index in [4.69, 9.17) is 0 Å². The van der Waals surface area contributed by atoms with Crippen LogP contribution < -0.4 is 5.32 Å². The Hall–Kier alpha value is -2.99. The average Bonchev–Trinajstić information content (AvgIpc) is 2.79. The molecule has 0 bridgehead atoms. The highest BCUT2D eigenvalue weighted by Gasteiger charge is 2.22. The van der Waals surface area contributed by atoms with E-state index < -0.39 is 0 Å². The van der Waals surface area contributed by atoms with Gasteiger partial charge in [0.25, 0.3) is 11.8 Å². The monoisotopic (exact) mass is 465 g/mol. The van der Waals surface area contributed by atoms with Crippen molar-refractivity contribution in [2.24, 2.45) is 0 Å². The van der Waals surface area contributed by atoms with Gasteiger partial charge in [0, 0.05) is 35.9 Å². The minimum absolute atomic E-state index is 0.0421. The minimum atomic E-state index is -0.212. The molecule has 0 radical (unpaired) electrons. The summed E-state index contributed by atoms with van der Waals surface area (Å²) in [6.07, 6.45) is 2.93. The van der Waals surface area contributed by atoms with Gasteiger partial charge >= 0.3 is 0 Å². The number of carbonyl (C=O) groups is 2. The van der Waals surface area contributed by atoms with Crippen molar-refractivity contribution in [1.29, 1.82) is 0 Å². The standard InChI is InChI=1S/C24H24BrN3O2/c1-28(24(30)19-10-12-20(25)13-11-19)21(17-18-7-3-2-4-8-18)14-16-27-23(29)22-9-5-6-15-26-22/h2-13,15,21H,14,16-17H2,1H3,(H,27,29). The van der Waals surface area contributed by atoms with Crippen molar-refractivity contribution >= 4 is 27.7 Å². The third kappa shape index (κ3) is 6.00.